The van der Waals surface area contributed by atoms with Gasteiger partial charge in [0.2, 0.25) is 0 Å². The molecule has 0 aliphatic carbocycles. The molecule has 0 saturated carbocycles. The van der Waals surface area contributed by atoms with Gasteiger partial charge in [0.1, 0.15) is 0 Å². The first-order chi connectivity index (χ1) is 14.2. The molecule has 176 valence electrons. The Balaban J connectivity index is 0. The SMILES string of the molecule is C1CCOC1.C1CCOC1.C1CCOC1.C1CCOC1.Cc1[c-]c(C)cc(C)c1.[Ca+2].[I-]. The molecule has 4 nitrogen and oxygen atoms in total. The van der Waals surface area contributed by atoms with Crippen LogP contribution in [-0.2, 0) is 18.9 Å². The van der Waals surface area contributed by atoms with E-state index in [0.29, 0.717) is 0 Å². The van der Waals surface area contributed by atoms with Gasteiger partial charge in [0, 0.05) is 52.9 Å². The van der Waals surface area contributed by atoms with Crippen molar-refractivity contribution < 1.29 is 42.9 Å². The van der Waals surface area contributed by atoms with Gasteiger partial charge >= 0.3 is 37.7 Å². The first kappa shape index (κ1) is 34.2. The molecule has 4 aliphatic rings. The topological polar surface area (TPSA) is 36.9 Å². The minimum absolute atomic E-state index is 0. The number of hydrogen-bond acceptors (Lipinski definition) is 4. The maximum atomic E-state index is 4.94. The van der Waals surface area contributed by atoms with E-state index in [0.717, 1.165) is 52.9 Å². The molecule has 4 heterocycles. The van der Waals surface area contributed by atoms with Crippen molar-refractivity contribution in [3.05, 3.63) is 34.9 Å². The van der Waals surface area contributed by atoms with E-state index in [2.05, 4.69) is 39.0 Å². The van der Waals surface area contributed by atoms with E-state index in [4.69, 9.17) is 18.9 Å². The second-order valence-corrected chi connectivity index (χ2v) is 7.80. The first-order valence-electron chi connectivity index (χ1n) is 11.5. The smallest absolute Gasteiger partial charge is 1.00 e. The molecule has 0 unspecified atom stereocenters. The Bertz CT molecular complexity index is 365. The van der Waals surface area contributed by atoms with Crippen molar-refractivity contribution >= 4 is 37.7 Å². The Labute approximate surface area is 238 Å². The minimum Gasteiger partial charge on any atom is -1.00 e. The molecule has 1 aromatic rings. The molecule has 4 saturated heterocycles. The van der Waals surface area contributed by atoms with Crippen LogP contribution in [0.15, 0.2) is 12.1 Å². The maximum Gasteiger partial charge on any atom is 2.00 e. The van der Waals surface area contributed by atoms with E-state index in [1.165, 1.54) is 68.1 Å². The molecule has 0 amide bonds. The fourth-order valence-electron chi connectivity index (χ4n) is 3.15. The molecule has 31 heavy (non-hydrogen) atoms. The molecule has 4 aliphatic heterocycles. The van der Waals surface area contributed by atoms with Crippen LogP contribution in [0.2, 0.25) is 0 Å². The van der Waals surface area contributed by atoms with Crippen molar-refractivity contribution in [2.75, 3.05) is 52.9 Å². The van der Waals surface area contributed by atoms with Gasteiger partial charge in [-0.2, -0.15) is 34.9 Å². The second kappa shape index (κ2) is 25.7. The quantitative estimate of drug-likeness (QED) is 0.271. The van der Waals surface area contributed by atoms with Crippen LogP contribution in [0.25, 0.3) is 0 Å². The van der Waals surface area contributed by atoms with Crippen molar-refractivity contribution in [3.63, 3.8) is 0 Å². The zero-order chi connectivity index (χ0) is 21.0. The molecule has 0 radical (unpaired) electrons. The van der Waals surface area contributed by atoms with Crippen LogP contribution in [-0.4, -0.2) is 90.6 Å². The Hall–Kier alpha value is 1.05. The number of aryl methyl sites for hydroxylation is 3. The van der Waals surface area contributed by atoms with E-state index >= 15 is 0 Å². The van der Waals surface area contributed by atoms with Crippen molar-refractivity contribution in [3.8, 4) is 0 Å². The Morgan fingerprint density at radius 1 is 0.516 bits per heavy atom. The van der Waals surface area contributed by atoms with Gasteiger partial charge in [0.05, 0.1) is 0 Å². The summed E-state index contributed by atoms with van der Waals surface area (Å²) in [5.74, 6) is 0. The molecule has 0 aromatic heterocycles. The van der Waals surface area contributed by atoms with Crippen LogP contribution in [0, 0.1) is 26.8 Å². The molecule has 0 N–H and O–H groups in total. The standard InChI is InChI=1S/C9H11.4C4H8O.Ca.HI/c1-7-4-8(2)6-9(3)5-7;4*1-2-4-5-3-1;;/h4-5H,1-3H3;4*1-4H2;;1H/q-1;;;;;+2;/p-1. The molecular weight excluding hydrogens is 531 g/mol. The van der Waals surface area contributed by atoms with E-state index in [1.54, 1.807) is 0 Å². The maximum absolute atomic E-state index is 4.94. The summed E-state index contributed by atoms with van der Waals surface area (Å²) in [6.07, 6.45) is 10.2. The van der Waals surface area contributed by atoms with Gasteiger partial charge < -0.3 is 42.9 Å². The summed E-state index contributed by atoms with van der Waals surface area (Å²) in [4.78, 5) is 0. The fraction of sp³-hybridized carbons (Fsp3) is 0.760. The van der Waals surface area contributed by atoms with E-state index in [1.807, 2.05) is 0 Å². The van der Waals surface area contributed by atoms with Gasteiger partial charge in [-0.25, -0.2) is 0 Å². The summed E-state index contributed by atoms with van der Waals surface area (Å²) in [5.41, 5.74) is 3.78. The van der Waals surface area contributed by atoms with E-state index < -0.39 is 0 Å². The molecule has 5 rings (SSSR count). The van der Waals surface area contributed by atoms with Crippen LogP contribution in [0.4, 0.5) is 0 Å². The average Bonchev–Trinajstić information content (AvgIpc) is 3.56. The van der Waals surface area contributed by atoms with Crippen molar-refractivity contribution in [1.82, 2.24) is 0 Å². The molecular formula is C25H43CaIO4. The predicted octanol–water partition coefficient (Wildman–Crippen LogP) is 2.22. The number of rotatable bonds is 0. The summed E-state index contributed by atoms with van der Waals surface area (Å²) < 4.78 is 19.8. The molecule has 0 bridgehead atoms. The molecule has 4 fully saturated rings. The van der Waals surface area contributed by atoms with Gasteiger partial charge in [-0.05, 0) is 51.4 Å². The third-order valence-electron chi connectivity index (χ3n) is 4.59. The second-order valence-electron chi connectivity index (χ2n) is 7.80. The summed E-state index contributed by atoms with van der Waals surface area (Å²) in [7, 11) is 0. The van der Waals surface area contributed by atoms with Gasteiger partial charge in [-0.1, -0.05) is 20.8 Å². The average molecular weight is 575 g/mol. The van der Waals surface area contributed by atoms with Gasteiger partial charge in [-0.3, -0.25) is 0 Å². The van der Waals surface area contributed by atoms with Crippen molar-refractivity contribution in [2.24, 2.45) is 0 Å². The summed E-state index contributed by atoms with van der Waals surface area (Å²) >= 11 is 0. The van der Waals surface area contributed by atoms with Crippen molar-refractivity contribution in [1.29, 1.82) is 0 Å². The largest absolute Gasteiger partial charge is 2.00 e. The zero-order valence-corrected chi connectivity index (χ0v) is 24.6. The predicted molar refractivity (Wildman–Crippen MR) is 125 cm³/mol. The van der Waals surface area contributed by atoms with E-state index in [9.17, 15) is 0 Å². The number of halogens is 1. The Morgan fingerprint density at radius 3 is 0.871 bits per heavy atom. The molecule has 6 heteroatoms. The Kier molecular flexibility index (Phi) is 28.3. The number of hydrogen-bond donors (Lipinski definition) is 0. The van der Waals surface area contributed by atoms with Gasteiger partial charge in [-0.15, -0.1) is 0 Å². The van der Waals surface area contributed by atoms with Crippen LogP contribution >= 0.6 is 0 Å². The van der Waals surface area contributed by atoms with Gasteiger partial charge in [0.15, 0.2) is 0 Å². The molecule has 0 spiro atoms. The van der Waals surface area contributed by atoms with Crippen LogP contribution in [0.5, 0.6) is 0 Å². The first-order valence-corrected chi connectivity index (χ1v) is 11.5. The fourth-order valence-corrected chi connectivity index (χ4v) is 3.15. The summed E-state index contributed by atoms with van der Waals surface area (Å²) in [6.45, 7) is 14.2. The molecule has 1 aromatic carbocycles. The zero-order valence-electron chi connectivity index (χ0n) is 20.2. The van der Waals surface area contributed by atoms with Crippen LogP contribution in [0.3, 0.4) is 0 Å². The monoisotopic (exact) mass is 574 g/mol. The minimum atomic E-state index is 0. The summed E-state index contributed by atoms with van der Waals surface area (Å²) in [6, 6.07) is 7.47. The van der Waals surface area contributed by atoms with Crippen LogP contribution in [0.1, 0.15) is 68.1 Å². The summed E-state index contributed by atoms with van der Waals surface area (Å²) in [5, 5.41) is 0. The molecule has 0 atom stereocenters. The number of benzene rings is 1. The normalized spacial score (nSPS) is 18.3. The van der Waals surface area contributed by atoms with Crippen LogP contribution < -0.4 is 24.0 Å². The van der Waals surface area contributed by atoms with E-state index in [-0.39, 0.29) is 61.7 Å². The van der Waals surface area contributed by atoms with Crippen molar-refractivity contribution in [2.45, 2.75) is 72.1 Å². The number of ether oxygens (including phenoxy) is 4. The Morgan fingerprint density at radius 2 is 0.742 bits per heavy atom. The van der Waals surface area contributed by atoms with Gasteiger partial charge in [0.25, 0.3) is 0 Å². The third-order valence-corrected chi connectivity index (χ3v) is 4.59. The third kappa shape index (κ3) is 24.0.